The van der Waals surface area contributed by atoms with E-state index in [0.717, 1.165) is 4.57 Å². The van der Waals surface area contributed by atoms with Gasteiger partial charge in [0.05, 0.1) is 13.2 Å². The van der Waals surface area contributed by atoms with Gasteiger partial charge < -0.3 is 29.2 Å². The molecule has 1 saturated heterocycles. The van der Waals surface area contributed by atoms with Crippen LogP contribution in [-0.2, 0) is 13.9 Å². The number of H-pyrrole nitrogens is 1. The van der Waals surface area contributed by atoms with E-state index >= 15 is 0 Å². The second-order valence-electron chi connectivity index (χ2n) is 9.20. The first-order valence-electron chi connectivity index (χ1n) is 10.6. The van der Waals surface area contributed by atoms with E-state index in [-0.39, 0.29) is 28.8 Å². The highest BCUT2D eigenvalue weighted by Gasteiger charge is 2.53. The molecule has 2 unspecified atom stereocenters. The summed E-state index contributed by atoms with van der Waals surface area (Å²) in [6, 6.07) is 0. The van der Waals surface area contributed by atoms with Crippen LogP contribution in [0.3, 0.4) is 0 Å². The van der Waals surface area contributed by atoms with Gasteiger partial charge in [-0.1, -0.05) is 41.5 Å². The number of hydrogen-bond donors (Lipinski definition) is 4. The highest BCUT2D eigenvalue weighted by atomic mass is 28.4. The second kappa shape index (κ2) is 9.65. The van der Waals surface area contributed by atoms with Crippen molar-refractivity contribution in [3.63, 3.8) is 0 Å². The van der Waals surface area contributed by atoms with Crippen LogP contribution in [0.5, 0.6) is 0 Å². The van der Waals surface area contributed by atoms with Gasteiger partial charge in [0.1, 0.15) is 0 Å². The minimum atomic E-state index is -2.39. The van der Waals surface area contributed by atoms with E-state index in [1.807, 2.05) is 0 Å². The highest BCUT2D eigenvalue weighted by molar-refractivity contribution is 6.77. The summed E-state index contributed by atoms with van der Waals surface area (Å²) in [7, 11) is -2.39. The summed E-state index contributed by atoms with van der Waals surface area (Å²) in [5.41, 5.74) is -2.15. The molecule has 1 aliphatic rings. The number of aliphatic hydroxyl groups is 3. The zero-order valence-corrected chi connectivity index (χ0v) is 20.3. The number of aromatic nitrogens is 2. The van der Waals surface area contributed by atoms with Gasteiger partial charge in [-0.15, -0.1) is 0 Å². The van der Waals surface area contributed by atoms with Gasteiger partial charge in [-0.3, -0.25) is 14.3 Å². The Hall–Kier alpha value is -1.34. The summed E-state index contributed by atoms with van der Waals surface area (Å²) in [6.45, 7) is 13.2. The van der Waals surface area contributed by atoms with E-state index in [2.05, 4.69) is 46.5 Å². The fourth-order valence-corrected chi connectivity index (χ4v) is 10.2. The Bertz CT molecular complexity index is 846. The van der Waals surface area contributed by atoms with Crippen LogP contribution >= 0.6 is 0 Å². The van der Waals surface area contributed by atoms with Gasteiger partial charge in [0.2, 0.25) is 6.29 Å². The minimum Gasteiger partial charge on any atom is -0.413 e. The van der Waals surface area contributed by atoms with Crippen LogP contribution < -0.4 is 11.2 Å². The Morgan fingerprint density at radius 1 is 1.16 bits per heavy atom. The van der Waals surface area contributed by atoms with Crippen LogP contribution in [0.25, 0.3) is 0 Å². The van der Waals surface area contributed by atoms with Crippen molar-refractivity contribution in [1.82, 2.24) is 9.55 Å². The Kier molecular flexibility index (Phi) is 8.07. The number of nitrogens with one attached hydrogen (secondary N) is 1. The fourth-order valence-electron chi connectivity index (χ4n) is 4.66. The SMILES string of the molecule is Cc1cn([C@@H]2O[C@@](CO)(CO[Si](C(C)C)(C(C)C)C(C)C)C(O)OC2O)c(=O)[nH]c1=O. The lowest BCUT2D eigenvalue weighted by Gasteiger charge is -2.49. The van der Waals surface area contributed by atoms with E-state index in [1.165, 1.54) is 13.1 Å². The summed E-state index contributed by atoms with van der Waals surface area (Å²) < 4.78 is 18.6. The van der Waals surface area contributed by atoms with E-state index in [1.54, 1.807) is 0 Å². The first-order valence-corrected chi connectivity index (χ1v) is 12.7. The summed E-state index contributed by atoms with van der Waals surface area (Å²) in [5.74, 6) is 0. The Morgan fingerprint density at radius 3 is 2.19 bits per heavy atom. The molecule has 1 aromatic rings. The summed E-state index contributed by atoms with van der Waals surface area (Å²) in [4.78, 5) is 26.2. The van der Waals surface area contributed by atoms with Crippen LogP contribution in [0.2, 0.25) is 16.6 Å². The molecule has 1 aliphatic heterocycles. The predicted molar refractivity (Wildman–Crippen MR) is 116 cm³/mol. The molecule has 1 fully saturated rings. The molecule has 11 heteroatoms. The molecule has 0 spiro atoms. The molecule has 0 aliphatic carbocycles. The van der Waals surface area contributed by atoms with Crippen molar-refractivity contribution in [3.05, 3.63) is 32.6 Å². The monoisotopic (exact) mass is 460 g/mol. The van der Waals surface area contributed by atoms with Crippen molar-refractivity contribution in [2.75, 3.05) is 13.2 Å². The molecule has 178 valence electrons. The number of aliphatic hydroxyl groups excluding tert-OH is 3. The number of aryl methyl sites for hydroxylation is 1. The van der Waals surface area contributed by atoms with Gasteiger partial charge in [0.15, 0.2) is 26.4 Å². The van der Waals surface area contributed by atoms with Gasteiger partial charge in [-0.05, 0) is 23.5 Å². The molecule has 0 amide bonds. The predicted octanol–water partition coefficient (Wildman–Crippen LogP) is 0.950. The normalized spacial score (nSPS) is 27.5. The highest BCUT2D eigenvalue weighted by Crippen LogP contribution is 2.44. The maximum Gasteiger partial charge on any atom is 0.330 e. The number of hydrogen-bond acceptors (Lipinski definition) is 8. The zero-order chi connectivity index (χ0) is 23.7. The molecule has 10 nitrogen and oxygen atoms in total. The average molecular weight is 461 g/mol. The van der Waals surface area contributed by atoms with Crippen LogP contribution in [0, 0.1) is 6.92 Å². The van der Waals surface area contributed by atoms with Crippen LogP contribution in [-0.4, -0.2) is 64.6 Å². The van der Waals surface area contributed by atoms with Crippen molar-refractivity contribution in [3.8, 4) is 0 Å². The molecule has 2 rings (SSSR count). The van der Waals surface area contributed by atoms with E-state index in [9.17, 15) is 24.9 Å². The largest absolute Gasteiger partial charge is 0.413 e. The van der Waals surface area contributed by atoms with Gasteiger partial charge in [-0.2, -0.15) is 0 Å². The third-order valence-electron chi connectivity index (χ3n) is 6.28. The van der Waals surface area contributed by atoms with Crippen LogP contribution in [0.4, 0.5) is 0 Å². The lowest BCUT2D eigenvalue weighted by Crippen LogP contribution is -2.63. The fraction of sp³-hybridized carbons (Fsp3) is 0.800. The van der Waals surface area contributed by atoms with Crippen molar-refractivity contribution >= 4 is 8.32 Å². The molecular weight excluding hydrogens is 424 g/mol. The molecule has 4 atom stereocenters. The maximum atomic E-state index is 12.3. The molecule has 4 N–H and O–H groups in total. The number of ether oxygens (including phenoxy) is 2. The Labute approximate surface area is 182 Å². The lowest BCUT2D eigenvalue weighted by molar-refractivity contribution is -0.396. The van der Waals surface area contributed by atoms with Crippen molar-refractivity contribution in [2.45, 2.75) is 89.5 Å². The van der Waals surface area contributed by atoms with Gasteiger partial charge >= 0.3 is 5.69 Å². The second-order valence-corrected chi connectivity index (χ2v) is 14.7. The van der Waals surface area contributed by atoms with Crippen molar-refractivity contribution < 1.29 is 29.2 Å². The van der Waals surface area contributed by atoms with E-state index < -0.39 is 50.6 Å². The summed E-state index contributed by atoms with van der Waals surface area (Å²) >= 11 is 0. The first-order chi connectivity index (χ1) is 14.3. The molecule has 2 heterocycles. The topological polar surface area (TPSA) is 143 Å². The third-order valence-corrected chi connectivity index (χ3v) is 12.3. The average Bonchev–Trinajstić information content (AvgIpc) is 2.66. The standard InChI is InChI=1S/C20H36N2O8Si/c1-11(2)31(12(3)4,13(5)6)28-10-20(9-23)18(26)29-17(25)16(30-20)22-8-14(7)15(24)21-19(22)27/h8,11-13,16-18,23,25-26H,9-10H2,1-7H3,(H,21,24,27)/t16-,17?,18?,20+/m1/s1. The molecule has 0 bridgehead atoms. The number of aromatic amines is 1. The van der Waals surface area contributed by atoms with Gasteiger partial charge in [0.25, 0.3) is 5.56 Å². The minimum absolute atomic E-state index is 0.189. The smallest absolute Gasteiger partial charge is 0.330 e. The quantitative estimate of drug-likeness (QED) is 0.420. The summed E-state index contributed by atoms with van der Waals surface area (Å²) in [5, 5.41) is 31.1. The zero-order valence-electron chi connectivity index (χ0n) is 19.3. The summed E-state index contributed by atoms with van der Waals surface area (Å²) in [6.07, 6.45) is -3.58. The van der Waals surface area contributed by atoms with Gasteiger partial charge in [0, 0.05) is 11.8 Å². The molecule has 1 aromatic heterocycles. The number of nitrogens with zero attached hydrogens (tertiary/aromatic N) is 1. The van der Waals surface area contributed by atoms with E-state index in [0.29, 0.717) is 0 Å². The van der Waals surface area contributed by atoms with Crippen molar-refractivity contribution in [2.24, 2.45) is 0 Å². The lowest BCUT2D eigenvalue weighted by atomic mass is 10.0. The van der Waals surface area contributed by atoms with Crippen molar-refractivity contribution in [1.29, 1.82) is 0 Å². The Balaban J connectivity index is 2.43. The Morgan fingerprint density at radius 2 is 1.71 bits per heavy atom. The molecular formula is C20H36N2O8Si. The van der Waals surface area contributed by atoms with Gasteiger partial charge in [-0.25, -0.2) is 4.79 Å². The van der Waals surface area contributed by atoms with Crippen LogP contribution in [0.15, 0.2) is 15.8 Å². The van der Waals surface area contributed by atoms with E-state index in [4.69, 9.17) is 13.9 Å². The molecule has 0 saturated carbocycles. The molecule has 0 aromatic carbocycles. The third kappa shape index (κ3) is 4.72. The first kappa shape index (κ1) is 25.9. The molecule has 31 heavy (non-hydrogen) atoms. The maximum absolute atomic E-state index is 12.3. The van der Waals surface area contributed by atoms with Crippen LogP contribution in [0.1, 0.15) is 53.3 Å². The molecule has 0 radical (unpaired) electrons. The number of rotatable bonds is 8.